The van der Waals surface area contributed by atoms with Gasteiger partial charge in [0.05, 0.1) is 10.6 Å². The Kier molecular flexibility index (Phi) is 5.86. The Balaban J connectivity index is 2.37. The van der Waals surface area contributed by atoms with Crippen LogP contribution in [0.3, 0.4) is 0 Å². The van der Waals surface area contributed by atoms with Gasteiger partial charge in [-0.1, -0.05) is 11.6 Å². The first-order valence-corrected chi connectivity index (χ1v) is 8.38. The fourth-order valence-electron chi connectivity index (χ4n) is 2.43. The minimum absolute atomic E-state index is 0.0535. The topological polar surface area (TPSA) is 36.3 Å². The number of rotatable bonds is 4. The standard InChI is InChI=1S/C19H20ClF3N2O/c1-5-25(4)18(24)14-8-12(3)17(9-11(14)2)26-13-6-7-16(20)15(10-13)19(21,22)23/h6-10,24H,5H2,1-4H3. The second-order valence-electron chi connectivity index (χ2n) is 6.04. The zero-order chi connectivity index (χ0) is 19.6. The molecule has 2 aromatic rings. The lowest BCUT2D eigenvalue weighted by molar-refractivity contribution is -0.137. The summed E-state index contributed by atoms with van der Waals surface area (Å²) in [6.07, 6.45) is -4.55. The lowest BCUT2D eigenvalue weighted by Crippen LogP contribution is -2.27. The molecule has 2 aromatic carbocycles. The maximum absolute atomic E-state index is 13.0. The predicted octanol–water partition coefficient (Wildman–Crippen LogP) is 6.05. The number of amidine groups is 1. The molecular weight excluding hydrogens is 365 g/mol. The van der Waals surface area contributed by atoms with Gasteiger partial charge >= 0.3 is 6.18 Å². The van der Waals surface area contributed by atoms with Crippen LogP contribution < -0.4 is 4.74 Å². The number of alkyl halides is 3. The van der Waals surface area contributed by atoms with Gasteiger partial charge < -0.3 is 9.64 Å². The van der Waals surface area contributed by atoms with E-state index in [-0.39, 0.29) is 10.8 Å². The van der Waals surface area contributed by atoms with E-state index in [0.29, 0.717) is 18.1 Å². The maximum Gasteiger partial charge on any atom is 0.417 e. The molecule has 0 amide bonds. The molecule has 0 unspecified atom stereocenters. The van der Waals surface area contributed by atoms with Crippen LogP contribution >= 0.6 is 11.6 Å². The van der Waals surface area contributed by atoms with Crippen molar-refractivity contribution in [1.29, 1.82) is 5.41 Å². The lowest BCUT2D eigenvalue weighted by atomic mass is 10.0. The Morgan fingerprint density at radius 1 is 1.15 bits per heavy atom. The number of nitrogens with zero attached hydrogens (tertiary/aromatic N) is 1. The zero-order valence-corrected chi connectivity index (χ0v) is 15.7. The molecule has 3 nitrogen and oxygen atoms in total. The summed E-state index contributed by atoms with van der Waals surface area (Å²) in [5, 5.41) is 7.86. The van der Waals surface area contributed by atoms with E-state index < -0.39 is 11.7 Å². The molecule has 2 rings (SSSR count). The highest BCUT2D eigenvalue weighted by molar-refractivity contribution is 6.31. The predicted molar refractivity (Wildman–Crippen MR) is 97.6 cm³/mol. The van der Waals surface area contributed by atoms with E-state index in [1.165, 1.54) is 12.1 Å². The van der Waals surface area contributed by atoms with Gasteiger partial charge in [-0.3, -0.25) is 5.41 Å². The van der Waals surface area contributed by atoms with Crippen LogP contribution in [0.25, 0.3) is 0 Å². The molecule has 0 aliphatic heterocycles. The van der Waals surface area contributed by atoms with Crippen molar-refractivity contribution >= 4 is 17.4 Å². The van der Waals surface area contributed by atoms with Crippen molar-refractivity contribution in [3.05, 3.63) is 57.6 Å². The second kappa shape index (κ2) is 7.58. The van der Waals surface area contributed by atoms with Crippen LogP contribution in [-0.2, 0) is 6.18 Å². The molecule has 7 heteroatoms. The number of hydrogen-bond acceptors (Lipinski definition) is 2. The summed E-state index contributed by atoms with van der Waals surface area (Å²) in [4.78, 5) is 1.80. The molecule has 26 heavy (non-hydrogen) atoms. The van der Waals surface area contributed by atoms with Crippen LogP contribution in [0.15, 0.2) is 30.3 Å². The molecule has 0 heterocycles. The van der Waals surface area contributed by atoms with E-state index in [1.54, 1.807) is 24.0 Å². The van der Waals surface area contributed by atoms with Gasteiger partial charge in [0.25, 0.3) is 0 Å². The molecule has 140 valence electrons. The highest BCUT2D eigenvalue weighted by Gasteiger charge is 2.33. The Morgan fingerprint density at radius 3 is 2.38 bits per heavy atom. The SMILES string of the molecule is CCN(C)C(=N)c1cc(C)c(Oc2ccc(Cl)c(C(F)(F)F)c2)cc1C. The fraction of sp³-hybridized carbons (Fsp3) is 0.316. The van der Waals surface area contributed by atoms with Crippen molar-refractivity contribution in [2.75, 3.05) is 13.6 Å². The normalized spacial score (nSPS) is 11.4. The molecule has 0 atom stereocenters. The first kappa shape index (κ1) is 20.1. The smallest absolute Gasteiger partial charge is 0.417 e. The summed E-state index contributed by atoms with van der Waals surface area (Å²) in [6.45, 7) is 6.27. The molecular formula is C19H20ClF3N2O. The molecule has 0 radical (unpaired) electrons. The minimum Gasteiger partial charge on any atom is -0.457 e. The van der Waals surface area contributed by atoms with Crippen LogP contribution in [0.2, 0.25) is 5.02 Å². The van der Waals surface area contributed by atoms with E-state index in [1.807, 2.05) is 20.9 Å². The average molecular weight is 385 g/mol. The van der Waals surface area contributed by atoms with Gasteiger partial charge in [-0.15, -0.1) is 0 Å². The third-order valence-electron chi connectivity index (χ3n) is 4.10. The first-order valence-electron chi connectivity index (χ1n) is 8.00. The number of nitrogens with one attached hydrogen (secondary N) is 1. The summed E-state index contributed by atoms with van der Waals surface area (Å²) in [7, 11) is 1.83. The van der Waals surface area contributed by atoms with Gasteiger partial charge in [0, 0.05) is 19.2 Å². The average Bonchev–Trinajstić information content (AvgIpc) is 2.57. The largest absolute Gasteiger partial charge is 0.457 e. The second-order valence-corrected chi connectivity index (χ2v) is 6.44. The highest BCUT2D eigenvalue weighted by atomic mass is 35.5. The molecule has 0 fully saturated rings. The molecule has 0 aliphatic carbocycles. The summed E-state index contributed by atoms with van der Waals surface area (Å²) < 4.78 is 44.6. The quantitative estimate of drug-likeness (QED) is 0.515. The lowest BCUT2D eigenvalue weighted by Gasteiger charge is -2.21. The van der Waals surface area contributed by atoms with E-state index >= 15 is 0 Å². The Bertz CT molecular complexity index is 834. The third-order valence-corrected chi connectivity index (χ3v) is 4.43. The van der Waals surface area contributed by atoms with Crippen LogP contribution in [-0.4, -0.2) is 24.3 Å². The Labute approximate surface area is 155 Å². The highest BCUT2D eigenvalue weighted by Crippen LogP contribution is 2.38. The Morgan fingerprint density at radius 2 is 1.81 bits per heavy atom. The van der Waals surface area contributed by atoms with Crippen molar-refractivity contribution < 1.29 is 17.9 Å². The van der Waals surface area contributed by atoms with Crippen LogP contribution in [0.5, 0.6) is 11.5 Å². The molecule has 0 saturated heterocycles. The van der Waals surface area contributed by atoms with Crippen molar-refractivity contribution in [2.24, 2.45) is 0 Å². The van der Waals surface area contributed by atoms with Gasteiger partial charge in [0.1, 0.15) is 17.3 Å². The van der Waals surface area contributed by atoms with Crippen LogP contribution in [0.1, 0.15) is 29.2 Å². The van der Waals surface area contributed by atoms with E-state index in [4.69, 9.17) is 21.7 Å². The van der Waals surface area contributed by atoms with Crippen molar-refractivity contribution in [2.45, 2.75) is 26.9 Å². The number of hydrogen-bond donors (Lipinski definition) is 1. The molecule has 0 spiro atoms. The van der Waals surface area contributed by atoms with Crippen molar-refractivity contribution in [1.82, 2.24) is 4.90 Å². The van der Waals surface area contributed by atoms with Crippen molar-refractivity contribution in [3.8, 4) is 11.5 Å². The van der Waals surface area contributed by atoms with Crippen LogP contribution in [0, 0.1) is 19.3 Å². The summed E-state index contributed by atoms with van der Waals surface area (Å²) in [5.41, 5.74) is 1.35. The minimum atomic E-state index is -4.55. The fourth-order valence-corrected chi connectivity index (χ4v) is 2.66. The number of ether oxygens (including phenoxy) is 1. The summed E-state index contributed by atoms with van der Waals surface area (Å²) in [6, 6.07) is 6.98. The number of halogens is 4. The van der Waals surface area contributed by atoms with Gasteiger partial charge in [-0.05, 0) is 62.2 Å². The van der Waals surface area contributed by atoms with Gasteiger partial charge in [0.2, 0.25) is 0 Å². The van der Waals surface area contributed by atoms with E-state index in [9.17, 15) is 13.2 Å². The van der Waals surface area contributed by atoms with Gasteiger partial charge in [0.15, 0.2) is 0 Å². The molecule has 0 bridgehead atoms. The maximum atomic E-state index is 13.0. The molecule has 0 aliphatic rings. The zero-order valence-electron chi connectivity index (χ0n) is 15.0. The monoisotopic (exact) mass is 384 g/mol. The summed E-state index contributed by atoms with van der Waals surface area (Å²) in [5.74, 6) is 0.872. The molecule has 1 N–H and O–H groups in total. The number of benzene rings is 2. The Hall–Kier alpha value is -2.21. The number of aryl methyl sites for hydroxylation is 2. The molecule has 0 aromatic heterocycles. The van der Waals surface area contributed by atoms with Gasteiger partial charge in [-0.25, -0.2) is 0 Å². The third kappa shape index (κ3) is 4.30. The first-order chi connectivity index (χ1) is 12.0. The van der Waals surface area contributed by atoms with E-state index in [0.717, 1.165) is 22.8 Å². The van der Waals surface area contributed by atoms with Gasteiger partial charge in [-0.2, -0.15) is 13.2 Å². The van der Waals surface area contributed by atoms with E-state index in [2.05, 4.69) is 0 Å². The summed E-state index contributed by atoms with van der Waals surface area (Å²) >= 11 is 5.64. The van der Waals surface area contributed by atoms with Crippen molar-refractivity contribution in [3.63, 3.8) is 0 Å². The molecule has 0 saturated carbocycles. The van der Waals surface area contributed by atoms with Crippen LogP contribution in [0.4, 0.5) is 13.2 Å².